The highest BCUT2D eigenvalue weighted by Crippen LogP contribution is 1.99. The molecule has 0 spiro atoms. The van der Waals surface area contributed by atoms with Gasteiger partial charge in [0.1, 0.15) is 0 Å². The van der Waals surface area contributed by atoms with E-state index in [4.69, 9.17) is 10.4 Å². The van der Waals surface area contributed by atoms with E-state index in [0.29, 0.717) is 0 Å². The molecule has 0 aliphatic carbocycles. The zero-order chi connectivity index (χ0) is 7.66. The van der Waals surface area contributed by atoms with Crippen LogP contribution in [0.25, 0.3) is 0 Å². The molecular weight excluding hydrogens is 146 g/mol. The van der Waals surface area contributed by atoms with Gasteiger partial charge in [0.05, 0.1) is 12.3 Å². The van der Waals surface area contributed by atoms with Crippen molar-refractivity contribution in [2.24, 2.45) is 0 Å². The maximum atomic E-state index is 8.20. The number of rotatable bonds is 4. The molecule has 0 heterocycles. The zero-order valence-corrected chi connectivity index (χ0v) is 6.34. The Balaban J connectivity index is 3.07. The van der Waals surface area contributed by atoms with Crippen molar-refractivity contribution in [2.75, 3.05) is 11.5 Å². The van der Waals surface area contributed by atoms with Crippen LogP contribution < -0.4 is 0 Å². The lowest BCUT2D eigenvalue weighted by Gasteiger charge is -1.86. The molecule has 0 saturated heterocycles. The molecule has 0 amide bonds. The minimum Gasteiger partial charge on any atom is -0.516 e. The third-order valence-corrected chi connectivity index (χ3v) is 1.58. The van der Waals surface area contributed by atoms with Crippen LogP contribution in [0.15, 0.2) is 24.5 Å². The van der Waals surface area contributed by atoms with E-state index in [1.165, 1.54) is 6.08 Å². The number of nitriles is 1. The molecule has 0 rings (SSSR count). The summed E-state index contributed by atoms with van der Waals surface area (Å²) in [6.07, 6.45) is 5.93. The van der Waals surface area contributed by atoms with Gasteiger partial charge in [0.15, 0.2) is 0 Å². The van der Waals surface area contributed by atoms with Gasteiger partial charge in [0, 0.05) is 17.6 Å². The summed E-state index contributed by atoms with van der Waals surface area (Å²) in [5.41, 5.74) is 0. The van der Waals surface area contributed by atoms with Crippen LogP contribution in [0.4, 0.5) is 0 Å². The lowest BCUT2D eigenvalue weighted by molar-refractivity contribution is 0.473. The third-order valence-electron chi connectivity index (χ3n) is 0.726. The predicted molar refractivity (Wildman–Crippen MR) is 43.8 cm³/mol. The summed E-state index contributed by atoms with van der Waals surface area (Å²) in [5, 5.41) is 16.3. The van der Waals surface area contributed by atoms with E-state index in [0.717, 1.165) is 17.8 Å². The Morgan fingerprint density at radius 1 is 1.40 bits per heavy atom. The number of hydrogen-bond donors (Lipinski definition) is 1. The monoisotopic (exact) mass is 155 g/mol. The fourth-order valence-electron chi connectivity index (χ4n) is 0.348. The standard InChI is InChI=1S/C7H9NOS/c8-4-1-2-6-10-7-3-5-9/h1-3,5,9H,6-7H2. The van der Waals surface area contributed by atoms with E-state index < -0.39 is 0 Å². The molecule has 0 aromatic heterocycles. The minimum absolute atomic E-state index is 0.784. The Bertz CT molecular complexity index is 157. The molecule has 0 radical (unpaired) electrons. The Labute approximate surface area is 64.9 Å². The van der Waals surface area contributed by atoms with Crippen LogP contribution in [-0.2, 0) is 0 Å². The molecule has 0 aromatic carbocycles. The molecule has 0 unspecified atom stereocenters. The molecule has 0 atom stereocenters. The fraction of sp³-hybridized carbons (Fsp3) is 0.286. The number of nitrogens with zero attached hydrogens (tertiary/aromatic N) is 1. The summed E-state index contributed by atoms with van der Waals surface area (Å²) >= 11 is 1.63. The molecular formula is C7H9NOS. The normalized spacial score (nSPS) is 10.7. The van der Waals surface area contributed by atoms with Gasteiger partial charge in [-0.25, -0.2) is 0 Å². The lowest BCUT2D eigenvalue weighted by Crippen LogP contribution is -1.73. The van der Waals surface area contributed by atoms with Crippen LogP contribution in [0, 0.1) is 11.3 Å². The van der Waals surface area contributed by atoms with Gasteiger partial charge in [0.25, 0.3) is 0 Å². The van der Waals surface area contributed by atoms with Gasteiger partial charge in [-0.3, -0.25) is 0 Å². The van der Waals surface area contributed by atoms with E-state index in [2.05, 4.69) is 0 Å². The Kier molecular flexibility index (Phi) is 7.41. The molecule has 0 aliphatic heterocycles. The predicted octanol–water partition coefficient (Wildman–Crippen LogP) is 1.87. The molecule has 0 saturated carbocycles. The van der Waals surface area contributed by atoms with Crippen molar-refractivity contribution in [1.29, 1.82) is 5.26 Å². The highest BCUT2D eigenvalue weighted by molar-refractivity contribution is 7.99. The molecule has 0 bridgehead atoms. The van der Waals surface area contributed by atoms with Gasteiger partial charge < -0.3 is 5.11 Å². The van der Waals surface area contributed by atoms with Crippen molar-refractivity contribution in [3.63, 3.8) is 0 Å². The Morgan fingerprint density at radius 2 is 2.10 bits per heavy atom. The third kappa shape index (κ3) is 7.12. The van der Waals surface area contributed by atoms with Crippen LogP contribution in [0.2, 0.25) is 0 Å². The quantitative estimate of drug-likeness (QED) is 0.383. The number of hydrogen-bond acceptors (Lipinski definition) is 3. The molecule has 0 aromatic rings. The zero-order valence-electron chi connectivity index (χ0n) is 5.53. The van der Waals surface area contributed by atoms with Gasteiger partial charge in [-0.1, -0.05) is 6.08 Å². The van der Waals surface area contributed by atoms with Gasteiger partial charge in [0.2, 0.25) is 0 Å². The maximum absolute atomic E-state index is 8.20. The second-order valence-electron chi connectivity index (χ2n) is 1.45. The van der Waals surface area contributed by atoms with Crippen molar-refractivity contribution < 1.29 is 5.11 Å². The van der Waals surface area contributed by atoms with Crippen LogP contribution in [0.3, 0.4) is 0 Å². The average molecular weight is 155 g/mol. The van der Waals surface area contributed by atoms with Crippen molar-refractivity contribution in [3.8, 4) is 6.07 Å². The topological polar surface area (TPSA) is 44.0 Å². The molecule has 0 fully saturated rings. The SMILES string of the molecule is N#CC=CCSCC=CO. The van der Waals surface area contributed by atoms with Crippen LogP contribution in [-0.4, -0.2) is 16.6 Å². The summed E-state index contributed by atoms with van der Waals surface area (Å²) in [4.78, 5) is 0. The second kappa shape index (κ2) is 8.12. The van der Waals surface area contributed by atoms with E-state index in [1.54, 1.807) is 23.9 Å². The Morgan fingerprint density at radius 3 is 2.70 bits per heavy atom. The van der Waals surface area contributed by atoms with E-state index in [-0.39, 0.29) is 0 Å². The second-order valence-corrected chi connectivity index (χ2v) is 2.53. The fourth-order valence-corrected chi connectivity index (χ4v) is 0.939. The molecule has 0 aliphatic rings. The van der Waals surface area contributed by atoms with E-state index in [1.807, 2.05) is 6.07 Å². The first-order valence-corrected chi connectivity index (χ1v) is 3.99. The van der Waals surface area contributed by atoms with E-state index in [9.17, 15) is 0 Å². The molecule has 10 heavy (non-hydrogen) atoms. The van der Waals surface area contributed by atoms with E-state index >= 15 is 0 Å². The minimum atomic E-state index is 0.784. The van der Waals surface area contributed by atoms with Crippen molar-refractivity contribution in [2.45, 2.75) is 0 Å². The molecule has 3 heteroatoms. The van der Waals surface area contributed by atoms with Crippen molar-refractivity contribution >= 4 is 11.8 Å². The van der Waals surface area contributed by atoms with Gasteiger partial charge in [-0.05, 0) is 6.08 Å². The first-order valence-electron chi connectivity index (χ1n) is 2.83. The Hall–Kier alpha value is -0.880. The highest BCUT2D eigenvalue weighted by Gasteiger charge is 1.77. The molecule has 2 nitrogen and oxygen atoms in total. The van der Waals surface area contributed by atoms with Crippen LogP contribution in [0.5, 0.6) is 0 Å². The number of thioether (sulfide) groups is 1. The largest absolute Gasteiger partial charge is 0.516 e. The van der Waals surface area contributed by atoms with Gasteiger partial charge >= 0.3 is 0 Å². The maximum Gasteiger partial charge on any atom is 0.0908 e. The molecule has 1 N–H and O–H groups in total. The van der Waals surface area contributed by atoms with Crippen LogP contribution in [0.1, 0.15) is 0 Å². The summed E-state index contributed by atoms with van der Waals surface area (Å²) < 4.78 is 0. The van der Waals surface area contributed by atoms with Gasteiger partial charge in [-0.15, -0.1) is 0 Å². The summed E-state index contributed by atoms with van der Waals surface area (Å²) in [7, 11) is 0. The average Bonchev–Trinajstić information content (AvgIpc) is 1.97. The smallest absolute Gasteiger partial charge is 0.0908 e. The molecule has 54 valence electrons. The summed E-state index contributed by atoms with van der Waals surface area (Å²) in [6, 6.07) is 1.90. The summed E-state index contributed by atoms with van der Waals surface area (Å²) in [5.74, 6) is 1.60. The highest BCUT2D eigenvalue weighted by atomic mass is 32.2. The number of aliphatic hydroxyl groups is 1. The summed E-state index contributed by atoms with van der Waals surface area (Å²) in [6.45, 7) is 0. The lowest BCUT2D eigenvalue weighted by atomic mass is 10.6. The van der Waals surface area contributed by atoms with Crippen molar-refractivity contribution in [3.05, 3.63) is 24.5 Å². The van der Waals surface area contributed by atoms with Crippen LogP contribution >= 0.6 is 11.8 Å². The number of allylic oxidation sites excluding steroid dienone is 1. The first kappa shape index (κ1) is 9.12. The number of aliphatic hydroxyl groups excluding tert-OH is 1. The van der Waals surface area contributed by atoms with Crippen molar-refractivity contribution in [1.82, 2.24) is 0 Å². The van der Waals surface area contributed by atoms with Gasteiger partial charge in [-0.2, -0.15) is 17.0 Å². The first-order chi connectivity index (χ1) is 4.91.